The largest absolute Gasteiger partial charge is 0.493 e. The molecule has 32 heavy (non-hydrogen) atoms. The molecule has 0 radical (unpaired) electrons. The monoisotopic (exact) mass is 516 g/mol. The Kier molecular flexibility index (Phi) is 6.76. The maximum atomic E-state index is 13.2. The predicted molar refractivity (Wildman–Crippen MR) is 131 cm³/mol. The third kappa shape index (κ3) is 4.49. The number of hydrogen-bond acceptors (Lipinski definition) is 6. The highest BCUT2D eigenvalue weighted by atomic mass is 79.9. The van der Waals surface area contributed by atoms with Crippen molar-refractivity contribution in [3.05, 3.63) is 55.4 Å². The van der Waals surface area contributed by atoms with Gasteiger partial charge in [-0.2, -0.15) is 5.10 Å². The fourth-order valence-electron chi connectivity index (χ4n) is 3.91. The van der Waals surface area contributed by atoms with Crippen LogP contribution >= 0.6 is 27.3 Å². The van der Waals surface area contributed by atoms with Crippen LogP contribution in [0.3, 0.4) is 0 Å². The summed E-state index contributed by atoms with van der Waals surface area (Å²) in [6, 6.07) is 4.82. The summed E-state index contributed by atoms with van der Waals surface area (Å²) in [7, 11) is 0. The average Bonchev–Trinajstić information content (AvgIpc) is 3.13. The highest BCUT2D eigenvalue weighted by molar-refractivity contribution is 9.10. The van der Waals surface area contributed by atoms with E-state index in [1.54, 1.807) is 18.3 Å². The second-order valence-corrected chi connectivity index (χ2v) is 10.0. The van der Waals surface area contributed by atoms with Gasteiger partial charge in [-0.25, -0.2) is 10.4 Å². The summed E-state index contributed by atoms with van der Waals surface area (Å²) in [5, 5.41) is 4.74. The zero-order valence-electron chi connectivity index (χ0n) is 18.2. The van der Waals surface area contributed by atoms with E-state index in [0.29, 0.717) is 23.7 Å². The molecule has 0 saturated heterocycles. The van der Waals surface area contributed by atoms with Gasteiger partial charge in [0, 0.05) is 14.9 Å². The highest BCUT2D eigenvalue weighted by Gasteiger charge is 2.25. The van der Waals surface area contributed by atoms with Gasteiger partial charge in [0.05, 0.1) is 24.5 Å². The van der Waals surface area contributed by atoms with Crippen molar-refractivity contribution in [2.45, 2.75) is 46.1 Å². The van der Waals surface area contributed by atoms with E-state index in [2.05, 4.69) is 38.4 Å². The molecular formula is C23H25BrN4O3S. The molecule has 9 heteroatoms. The van der Waals surface area contributed by atoms with Crippen LogP contribution in [0.15, 0.2) is 38.9 Å². The van der Waals surface area contributed by atoms with Crippen LogP contribution < -0.4 is 15.7 Å². The van der Waals surface area contributed by atoms with Crippen molar-refractivity contribution in [3.63, 3.8) is 0 Å². The standard InChI is InChI=1S/C23H25BrN4O3S/c1-4-31-18-8-6-16(24)10-15(18)11-26-27-21(29)14(3)28-12-25-22-20(23(28)30)17-7-5-13(2)9-19(17)32-22/h6,8,10-14H,4-5,7,9H2,1-3H3,(H,27,29). The van der Waals surface area contributed by atoms with Crippen LogP contribution in [0.5, 0.6) is 5.75 Å². The quantitative estimate of drug-likeness (QED) is 0.387. The molecule has 1 amide bonds. The number of hydrogen-bond donors (Lipinski definition) is 1. The molecule has 2 atom stereocenters. The molecule has 2 heterocycles. The molecule has 1 aliphatic carbocycles. The smallest absolute Gasteiger partial charge is 0.263 e. The van der Waals surface area contributed by atoms with Crippen LogP contribution in [0.4, 0.5) is 0 Å². The van der Waals surface area contributed by atoms with E-state index < -0.39 is 11.9 Å². The normalized spacial score (nSPS) is 16.8. The van der Waals surface area contributed by atoms with Gasteiger partial charge >= 0.3 is 0 Å². The van der Waals surface area contributed by atoms with Crippen LogP contribution in [0.1, 0.15) is 49.2 Å². The summed E-state index contributed by atoms with van der Waals surface area (Å²) in [4.78, 5) is 32.4. The first kappa shape index (κ1) is 22.7. The molecule has 2 aromatic heterocycles. The molecule has 168 valence electrons. The second kappa shape index (κ2) is 9.54. The molecule has 4 rings (SSSR count). The first-order chi connectivity index (χ1) is 15.4. The maximum Gasteiger partial charge on any atom is 0.263 e. The van der Waals surface area contributed by atoms with Crippen molar-refractivity contribution < 1.29 is 9.53 Å². The molecule has 1 N–H and O–H groups in total. The van der Waals surface area contributed by atoms with Gasteiger partial charge in [-0.3, -0.25) is 14.2 Å². The Morgan fingerprint density at radius 2 is 2.31 bits per heavy atom. The summed E-state index contributed by atoms with van der Waals surface area (Å²) in [5.41, 5.74) is 4.20. The molecule has 0 bridgehead atoms. The van der Waals surface area contributed by atoms with Gasteiger partial charge in [0.15, 0.2) is 0 Å². The number of carbonyl (C=O) groups excluding carboxylic acids is 1. The number of carbonyl (C=O) groups is 1. The minimum Gasteiger partial charge on any atom is -0.493 e. The van der Waals surface area contributed by atoms with E-state index >= 15 is 0 Å². The summed E-state index contributed by atoms with van der Waals surface area (Å²) in [5.74, 6) is 0.896. The van der Waals surface area contributed by atoms with E-state index in [1.165, 1.54) is 22.0 Å². The molecular weight excluding hydrogens is 492 g/mol. The first-order valence-electron chi connectivity index (χ1n) is 10.7. The van der Waals surface area contributed by atoms with E-state index in [9.17, 15) is 9.59 Å². The van der Waals surface area contributed by atoms with Gasteiger partial charge in [-0.05, 0) is 62.8 Å². The minimum absolute atomic E-state index is 0.167. The van der Waals surface area contributed by atoms with Crippen molar-refractivity contribution in [2.75, 3.05) is 6.61 Å². The topological polar surface area (TPSA) is 85.6 Å². The number of fused-ring (bicyclic) bond motifs is 3. The van der Waals surface area contributed by atoms with Crippen molar-refractivity contribution in [2.24, 2.45) is 11.0 Å². The fraction of sp³-hybridized carbons (Fsp3) is 0.391. The summed E-state index contributed by atoms with van der Waals surface area (Å²) >= 11 is 5.03. The third-order valence-corrected chi connectivity index (χ3v) is 7.34. The fourth-order valence-corrected chi connectivity index (χ4v) is 5.63. The Balaban J connectivity index is 1.55. The number of halogens is 1. The molecule has 3 aromatic rings. The summed E-state index contributed by atoms with van der Waals surface area (Å²) < 4.78 is 7.86. The lowest BCUT2D eigenvalue weighted by Crippen LogP contribution is -2.34. The average molecular weight is 517 g/mol. The van der Waals surface area contributed by atoms with Gasteiger partial charge in [0.1, 0.15) is 16.6 Å². The lowest BCUT2D eigenvalue weighted by molar-refractivity contribution is -0.123. The lowest BCUT2D eigenvalue weighted by atomic mass is 9.89. The van der Waals surface area contributed by atoms with Crippen LogP contribution in [-0.4, -0.2) is 28.3 Å². The van der Waals surface area contributed by atoms with Gasteiger partial charge in [-0.15, -0.1) is 11.3 Å². The second-order valence-electron chi connectivity index (χ2n) is 8.01. The van der Waals surface area contributed by atoms with E-state index in [4.69, 9.17) is 4.74 Å². The minimum atomic E-state index is -0.747. The number of nitrogens with one attached hydrogen (secondary N) is 1. The van der Waals surface area contributed by atoms with Crippen molar-refractivity contribution >= 4 is 49.6 Å². The number of rotatable bonds is 6. The Bertz CT molecular complexity index is 1250. The van der Waals surface area contributed by atoms with Crippen molar-refractivity contribution in [3.8, 4) is 5.75 Å². The van der Waals surface area contributed by atoms with Crippen LogP contribution in [0, 0.1) is 5.92 Å². The SMILES string of the molecule is CCOc1ccc(Br)cc1C=NNC(=O)C(C)n1cnc2sc3c(c2c1=O)CCC(C)C3. The third-order valence-electron chi connectivity index (χ3n) is 5.69. The van der Waals surface area contributed by atoms with Crippen LogP contribution in [0.25, 0.3) is 10.2 Å². The number of aromatic nitrogens is 2. The van der Waals surface area contributed by atoms with Gasteiger partial charge in [0.25, 0.3) is 11.5 Å². The van der Waals surface area contributed by atoms with Crippen molar-refractivity contribution in [1.82, 2.24) is 15.0 Å². The predicted octanol–water partition coefficient (Wildman–Crippen LogP) is 4.46. The Labute approximate surface area is 198 Å². The molecule has 2 unspecified atom stereocenters. The van der Waals surface area contributed by atoms with Gasteiger partial charge in [0.2, 0.25) is 0 Å². The van der Waals surface area contributed by atoms with E-state index in [-0.39, 0.29) is 5.56 Å². The Hall–Kier alpha value is -2.52. The number of nitrogens with zero attached hydrogens (tertiary/aromatic N) is 3. The number of aryl methyl sites for hydroxylation is 1. The molecule has 0 spiro atoms. The number of ether oxygens (including phenoxy) is 1. The molecule has 0 saturated carbocycles. The van der Waals surface area contributed by atoms with Crippen LogP contribution in [0.2, 0.25) is 0 Å². The van der Waals surface area contributed by atoms with Gasteiger partial charge < -0.3 is 4.74 Å². The molecule has 0 fully saturated rings. The first-order valence-corrected chi connectivity index (χ1v) is 12.3. The lowest BCUT2D eigenvalue weighted by Gasteiger charge is -2.18. The molecule has 1 aliphatic rings. The highest BCUT2D eigenvalue weighted by Crippen LogP contribution is 2.35. The molecule has 1 aromatic carbocycles. The zero-order valence-corrected chi connectivity index (χ0v) is 20.6. The molecule has 0 aliphatic heterocycles. The van der Waals surface area contributed by atoms with E-state index in [0.717, 1.165) is 39.7 Å². The van der Waals surface area contributed by atoms with Gasteiger partial charge in [-0.1, -0.05) is 22.9 Å². The maximum absolute atomic E-state index is 13.2. The number of benzene rings is 1. The summed E-state index contributed by atoms with van der Waals surface area (Å²) in [6.07, 6.45) is 5.93. The van der Waals surface area contributed by atoms with Crippen molar-refractivity contribution in [1.29, 1.82) is 0 Å². The Morgan fingerprint density at radius 1 is 1.50 bits per heavy atom. The molecule has 7 nitrogen and oxygen atoms in total. The Morgan fingerprint density at radius 3 is 3.09 bits per heavy atom. The number of thiophene rings is 1. The summed E-state index contributed by atoms with van der Waals surface area (Å²) in [6.45, 7) is 6.33. The number of amides is 1. The zero-order chi connectivity index (χ0) is 22.8. The van der Waals surface area contributed by atoms with Crippen LogP contribution in [-0.2, 0) is 17.6 Å². The number of hydrazone groups is 1. The van der Waals surface area contributed by atoms with E-state index in [1.807, 2.05) is 25.1 Å².